The lowest BCUT2D eigenvalue weighted by Gasteiger charge is -2.34. The van der Waals surface area contributed by atoms with Gasteiger partial charge in [0.15, 0.2) is 0 Å². The van der Waals surface area contributed by atoms with Gasteiger partial charge in [-0.1, -0.05) is 6.92 Å². The Morgan fingerprint density at radius 3 is 3.11 bits per heavy atom. The van der Waals surface area contributed by atoms with Crippen molar-refractivity contribution < 1.29 is 14.3 Å². The van der Waals surface area contributed by atoms with E-state index in [1.165, 1.54) is 0 Å². The van der Waals surface area contributed by atoms with Crippen molar-refractivity contribution >= 4 is 11.6 Å². The van der Waals surface area contributed by atoms with Gasteiger partial charge in [0.05, 0.1) is 6.54 Å². The van der Waals surface area contributed by atoms with Crippen LogP contribution in [-0.2, 0) is 9.53 Å². The summed E-state index contributed by atoms with van der Waals surface area (Å²) in [5.41, 5.74) is 0.726. The van der Waals surface area contributed by atoms with Gasteiger partial charge in [0.2, 0.25) is 5.88 Å². The SMILES string of the molecule is CCOC(CC)C(=O)N1CC(C)Oc2ncccc21. The fourth-order valence-electron chi connectivity index (χ4n) is 2.21. The Labute approximate surface area is 113 Å². The summed E-state index contributed by atoms with van der Waals surface area (Å²) in [6.07, 6.45) is 1.86. The molecule has 0 aromatic carbocycles. The van der Waals surface area contributed by atoms with Crippen LogP contribution < -0.4 is 9.64 Å². The number of rotatable bonds is 4. The van der Waals surface area contributed by atoms with E-state index in [0.29, 0.717) is 25.5 Å². The Hall–Kier alpha value is -1.62. The summed E-state index contributed by atoms with van der Waals surface area (Å²) in [7, 11) is 0. The molecule has 2 rings (SSSR count). The topological polar surface area (TPSA) is 51.7 Å². The predicted molar refractivity (Wildman–Crippen MR) is 72.4 cm³/mol. The molecule has 2 unspecified atom stereocenters. The lowest BCUT2D eigenvalue weighted by molar-refractivity contribution is -0.130. The summed E-state index contributed by atoms with van der Waals surface area (Å²) in [6.45, 7) is 6.84. The molecule has 2 atom stereocenters. The van der Waals surface area contributed by atoms with Crippen LogP contribution in [0.15, 0.2) is 18.3 Å². The predicted octanol–water partition coefficient (Wildman–Crippen LogP) is 2.01. The molecule has 1 amide bonds. The molecule has 0 saturated heterocycles. The van der Waals surface area contributed by atoms with E-state index in [1.54, 1.807) is 17.2 Å². The van der Waals surface area contributed by atoms with Crippen LogP contribution in [0, 0.1) is 0 Å². The number of amides is 1. The van der Waals surface area contributed by atoms with Gasteiger partial charge in [0.25, 0.3) is 5.91 Å². The number of hydrogen-bond acceptors (Lipinski definition) is 4. The first-order chi connectivity index (χ1) is 9.17. The number of anilines is 1. The van der Waals surface area contributed by atoms with E-state index in [1.807, 2.05) is 26.8 Å². The Morgan fingerprint density at radius 1 is 1.63 bits per heavy atom. The number of aromatic nitrogens is 1. The second-order valence-electron chi connectivity index (χ2n) is 4.56. The zero-order valence-corrected chi connectivity index (χ0v) is 11.6. The van der Waals surface area contributed by atoms with Crippen molar-refractivity contribution in [3.8, 4) is 5.88 Å². The molecule has 0 saturated carbocycles. The molecular weight excluding hydrogens is 244 g/mol. The fraction of sp³-hybridized carbons (Fsp3) is 0.571. The zero-order valence-electron chi connectivity index (χ0n) is 11.6. The quantitative estimate of drug-likeness (QED) is 0.834. The number of nitrogens with zero attached hydrogens (tertiary/aromatic N) is 2. The first-order valence-electron chi connectivity index (χ1n) is 6.72. The van der Waals surface area contributed by atoms with E-state index < -0.39 is 6.10 Å². The van der Waals surface area contributed by atoms with Crippen LogP contribution in [-0.4, -0.2) is 36.3 Å². The summed E-state index contributed by atoms with van der Waals surface area (Å²) in [5, 5.41) is 0. The average Bonchev–Trinajstić information content (AvgIpc) is 2.43. The van der Waals surface area contributed by atoms with Crippen molar-refractivity contribution in [1.82, 2.24) is 4.98 Å². The number of carbonyl (C=O) groups excluding carboxylic acids is 1. The molecule has 0 radical (unpaired) electrons. The number of hydrogen-bond donors (Lipinski definition) is 0. The maximum Gasteiger partial charge on any atom is 0.256 e. The lowest BCUT2D eigenvalue weighted by atomic mass is 10.2. The number of carbonyl (C=O) groups is 1. The molecular formula is C14H20N2O3. The molecule has 19 heavy (non-hydrogen) atoms. The Morgan fingerprint density at radius 2 is 2.42 bits per heavy atom. The maximum absolute atomic E-state index is 12.5. The van der Waals surface area contributed by atoms with E-state index in [2.05, 4.69) is 4.98 Å². The summed E-state index contributed by atoms with van der Waals surface area (Å²) in [5.74, 6) is 0.495. The minimum absolute atomic E-state index is 0.0197. The highest BCUT2D eigenvalue weighted by molar-refractivity contribution is 5.98. The van der Waals surface area contributed by atoms with Crippen LogP contribution in [0.4, 0.5) is 5.69 Å². The second-order valence-corrected chi connectivity index (χ2v) is 4.56. The van der Waals surface area contributed by atoms with Gasteiger partial charge in [-0.3, -0.25) is 4.79 Å². The number of ether oxygens (including phenoxy) is 2. The van der Waals surface area contributed by atoms with Gasteiger partial charge in [-0.25, -0.2) is 4.98 Å². The molecule has 0 N–H and O–H groups in total. The normalized spacial score (nSPS) is 19.5. The Kier molecular flexibility index (Phi) is 4.37. The summed E-state index contributed by atoms with van der Waals surface area (Å²) < 4.78 is 11.1. The van der Waals surface area contributed by atoms with Gasteiger partial charge in [0, 0.05) is 12.8 Å². The number of pyridine rings is 1. The highest BCUT2D eigenvalue weighted by atomic mass is 16.5. The molecule has 1 aromatic heterocycles. The van der Waals surface area contributed by atoms with Crippen LogP contribution in [0.1, 0.15) is 27.2 Å². The van der Waals surface area contributed by atoms with Gasteiger partial charge >= 0.3 is 0 Å². The van der Waals surface area contributed by atoms with Crippen LogP contribution in [0.3, 0.4) is 0 Å². The third kappa shape index (κ3) is 2.87. The van der Waals surface area contributed by atoms with E-state index in [9.17, 15) is 4.79 Å². The first-order valence-corrected chi connectivity index (χ1v) is 6.72. The van der Waals surface area contributed by atoms with Crippen molar-refractivity contribution in [3.63, 3.8) is 0 Å². The molecule has 0 bridgehead atoms. The maximum atomic E-state index is 12.5. The third-order valence-electron chi connectivity index (χ3n) is 3.07. The van der Waals surface area contributed by atoms with Crippen molar-refractivity contribution in [2.24, 2.45) is 0 Å². The van der Waals surface area contributed by atoms with E-state index >= 15 is 0 Å². The lowest BCUT2D eigenvalue weighted by Crippen LogP contribution is -2.47. The van der Waals surface area contributed by atoms with Crippen molar-refractivity contribution in [2.75, 3.05) is 18.1 Å². The first kappa shape index (κ1) is 13.8. The fourth-order valence-corrected chi connectivity index (χ4v) is 2.21. The molecule has 0 spiro atoms. The summed E-state index contributed by atoms with van der Waals surface area (Å²) in [4.78, 5) is 18.4. The monoisotopic (exact) mass is 264 g/mol. The van der Waals surface area contributed by atoms with Crippen molar-refractivity contribution in [1.29, 1.82) is 0 Å². The van der Waals surface area contributed by atoms with Crippen LogP contribution in [0.5, 0.6) is 5.88 Å². The third-order valence-corrected chi connectivity index (χ3v) is 3.07. The molecule has 0 aliphatic carbocycles. The second kappa shape index (κ2) is 6.02. The molecule has 5 nitrogen and oxygen atoms in total. The van der Waals surface area contributed by atoms with Gasteiger partial charge < -0.3 is 14.4 Å². The van der Waals surface area contributed by atoms with Crippen LogP contribution in [0.2, 0.25) is 0 Å². The van der Waals surface area contributed by atoms with Gasteiger partial charge in [-0.2, -0.15) is 0 Å². The van der Waals surface area contributed by atoms with E-state index in [0.717, 1.165) is 5.69 Å². The van der Waals surface area contributed by atoms with Crippen LogP contribution in [0.25, 0.3) is 0 Å². The summed E-state index contributed by atoms with van der Waals surface area (Å²) >= 11 is 0. The molecule has 5 heteroatoms. The van der Waals surface area contributed by atoms with Gasteiger partial charge in [-0.15, -0.1) is 0 Å². The molecule has 1 aromatic rings. The highest BCUT2D eigenvalue weighted by Crippen LogP contribution is 2.31. The van der Waals surface area contributed by atoms with Crippen molar-refractivity contribution in [3.05, 3.63) is 18.3 Å². The smallest absolute Gasteiger partial charge is 0.256 e. The van der Waals surface area contributed by atoms with Crippen LogP contribution >= 0.6 is 0 Å². The molecule has 2 heterocycles. The van der Waals surface area contributed by atoms with E-state index in [4.69, 9.17) is 9.47 Å². The Bertz CT molecular complexity index is 450. The van der Waals surface area contributed by atoms with E-state index in [-0.39, 0.29) is 12.0 Å². The minimum Gasteiger partial charge on any atom is -0.471 e. The molecule has 1 aliphatic rings. The molecule has 0 fully saturated rings. The zero-order chi connectivity index (χ0) is 13.8. The molecule has 1 aliphatic heterocycles. The van der Waals surface area contributed by atoms with Gasteiger partial charge in [-0.05, 0) is 32.4 Å². The average molecular weight is 264 g/mol. The standard InChI is InChI=1S/C14H20N2O3/c1-4-12(18-5-2)14(17)16-9-10(3)19-13-11(16)7-6-8-15-13/h6-8,10,12H,4-5,9H2,1-3H3. The Balaban J connectivity index is 2.26. The number of fused-ring (bicyclic) bond motifs is 1. The summed E-state index contributed by atoms with van der Waals surface area (Å²) in [6, 6.07) is 3.66. The largest absolute Gasteiger partial charge is 0.471 e. The van der Waals surface area contributed by atoms with Crippen molar-refractivity contribution in [2.45, 2.75) is 39.4 Å². The van der Waals surface area contributed by atoms with Gasteiger partial charge in [0.1, 0.15) is 17.9 Å². The minimum atomic E-state index is -0.400. The highest BCUT2D eigenvalue weighted by Gasteiger charge is 2.32. The molecule has 104 valence electrons.